The largest absolute Gasteiger partial charge is 0.457 e. The highest BCUT2D eigenvalue weighted by Crippen LogP contribution is 2.20. The molecule has 0 radical (unpaired) electrons. The second kappa shape index (κ2) is 5.88. The molecule has 0 aromatic carbocycles. The van der Waals surface area contributed by atoms with Crippen LogP contribution in [-0.4, -0.2) is 48.8 Å². The summed E-state index contributed by atoms with van der Waals surface area (Å²) in [5.74, 6) is -1.10. The van der Waals surface area contributed by atoms with Crippen molar-refractivity contribution in [3.63, 3.8) is 0 Å². The van der Waals surface area contributed by atoms with E-state index >= 15 is 0 Å². The van der Waals surface area contributed by atoms with Gasteiger partial charge in [-0.2, -0.15) is 0 Å². The van der Waals surface area contributed by atoms with Crippen LogP contribution in [-0.2, 0) is 19.1 Å². The van der Waals surface area contributed by atoms with Gasteiger partial charge in [-0.25, -0.2) is 4.79 Å². The Morgan fingerprint density at radius 3 is 2.42 bits per heavy atom. The van der Waals surface area contributed by atoms with E-state index in [1.165, 1.54) is 0 Å². The fourth-order valence-corrected chi connectivity index (χ4v) is 1.72. The van der Waals surface area contributed by atoms with Crippen molar-refractivity contribution >= 4 is 11.9 Å². The molecule has 0 aliphatic carbocycles. The van der Waals surface area contributed by atoms with E-state index in [0.29, 0.717) is 13.2 Å². The zero-order valence-electron chi connectivity index (χ0n) is 12.3. The Morgan fingerprint density at radius 1 is 1.37 bits per heavy atom. The highest BCUT2D eigenvalue weighted by Gasteiger charge is 2.51. The van der Waals surface area contributed by atoms with Crippen LogP contribution in [0.5, 0.6) is 0 Å². The van der Waals surface area contributed by atoms with Crippen LogP contribution < -0.4 is 10.6 Å². The highest BCUT2D eigenvalue weighted by atomic mass is 16.6. The summed E-state index contributed by atoms with van der Waals surface area (Å²) in [4.78, 5) is 24.6. The summed E-state index contributed by atoms with van der Waals surface area (Å²) < 4.78 is 10.8. The van der Waals surface area contributed by atoms with Crippen LogP contribution in [0.3, 0.4) is 0 Å². The van der Waals surface area contributed by atoms with Gasteiger partial charge in [0, 0.05) is 19.1 Å². The number of carbonyl (C=O) groups is 2. The van der Waals surface area contributed by atoms with Crippen LogP contribution in [0.15, 0.2) is 0 Å². The first-order chi connectivity index (χ1) is 8.67. The van der Waals surface area contributed by atoms with Crippen molar-refractivity contribution in [2.24, 2.45) is 0 Å². The number of amides is 1. The standard InChI is InChI=1S/C13H24N2O4/c1-9(2)15-10(16)13(8-14-6-7-18-13)11(17)19-12(3,4)5/h9,14H,6-8H2,1-5H3,(H,15,16). The lowest BCUT2D eigenvalue weighted by Crippen LogP contribution is -2.65. The molecular formula is C13H24N2O4. The van der Waals surface area contributed by atoms with E-state index in [-0.39, 0.29) is 12.6 Å². The Bertz CT molecular complexity index is 341. The quantitative estimate of drug-likeness (QED) is 0.567. The highest BCUT2D eigenvalue weighted by molar-refractivity contribution is 6.07. The molecule has 1 fully saturated rings. The molecule has 2 N–H and O–H groups in total. The molecule has 1 atom stereocenters. The van der Waals surface area contributed by atoms with Crippen molar-refractivity contribution in [1.29, 1.82) is 0 Å². The normalized spacial score (nSPS) is 24.1. The minimum Gasteiger partial charge on any atom is -0.457 e. The van der Waals surface area contributed by atoms with Crippen LogP contribution in [0.1, 0.15) is 34.6 Å². The molecule has 0 aromatic rings. The first-order valence-electron chi connectivity index (χ1n) is 6.56. The first-order valence-corrected chi connectivity index (χ1v) is 6.56. The van der Waals surface area contributed by atoms with Gasteiger partial charge in [-0.05, 0) is 34.6 Å². The Morgan fingerprint density at radius 2 is 2.00 bits per heavy atom. The molecule has 6 heteroatoms. The monoisotopic (exact) mass is 272 g/mol. The third-order valence-electron chi connectivity index (χ3n) is 2.52. The molecule has 1 unspecified atom stereocenters. The second-order valence-corrected chi connectivity index (χ2v) is 5.98. The number of hydrogen-bond acceptors (Lipinski definition) is 5. The summed E-state index contributed by atoms with van der Waals surface area (Å²) in [7, 11) is 0. The van der Waals surface area contributed by atoms with Gasteiger partial charge in [-0.3, -0.25) is 4.79 Å². The molecule has 1 saturated heterocycles. The maximum absolute atomic E-state index is 12.3. The van der Waals surface area contributed by atoms with Gasteiger partial charge in [0.2, 0.25) is 0 Å². The minimum absolute atomic E-state index is 0.0719. The molecule has 19 heavy (non-hydrogen) atoms. The predicted octanol–water partition coefficient (Wildman–Crippen LogP) is 0.211. The van der Waals surface area contributed by atoms with Crippen LogP contribution in [0.4, 0.5) is 0 Å². The van der Waals surface area contributed by atoms with E-state index in [0.717, 1.165) is 0 Å². The van der Waals surface area contributed by atoms with Crippen LogP contribution >= 0.6 is 0 Å². The Balaban J connectivity index is 2.92. The third kappa shape index (κ3) is 4.18. The zero-order valence-corrected chi connectivity index (χ0v) is 12.3. The zero-order chi connectivity index (χ0) is 14.7. The summed E-state index contributed by atoms with van der Waals surface area (Å²) in [6.07, 6.45) is 0. The Hall–Kier alpha value is -1.14. The first kappa shape index (κ1) is 15.9. The van der Waals surface area contributed by atoms with E-state index in [1.807, 2.05) is 13.8 Å². The van der Waals surface area contributed by atoms with Crippen molar-refractivity contribution in [2.75, 3.05) is 19.7 Å². The van der Waals surface area contributed by atoms with Gasteiger partial charge in [0.25, 0.3) is 11.5 Å². The summed E-state index contributed by atoms with van der Waals surface area (Å²) in [5, 5.41) is 5.73. The molecule has 1 rings (SSSR count). The maximum Gasteiger partial charge on any atom is 0.350 e. The molecule has 1 aliphatic rings. The number of esters is 1. The Kier molecular flexibility index (Phi) is 4.92. The van der Waals surface area contributed by atoms with Gasteiger partial charge in [0.1, 0.15) is 5.60 Å². The van der Waals surface area contributed by atoms with E-state index in [2.05, 4.69) is 10.6 Å². The van der Waals surface area contributed by atoms with Crippen LogP contribution in [0.2, 0.25) is 0 Å². The van der Waals surface area contributed by atoms with Crippen molar-refractivity contribution in [3.05, 3.63) is 0 Å². The average molecular weight is 272 g/mol. The molecule has 1 heterocycles. The molecule has 110 valence electrons. The van der Waals surface area contributed by atoms with Gasteiger partial charge >= 0.3 is 5.97 Å². The maximum atomic E-state index is 12.3. The lowest BCUT2D eigenvalue weighted by Gasteiger charge is -2.36. The smallest absolute Gasteiger partial charge is 0.350 e. The molecule has 0 aromatic heterocycles. The number of ether oxygens (including phenoxy) is 2. The average Bonchev–Trinajstić information content (AvgIpc) is 2.26. The van der Waals surface area contributed by atoms with Crippen molar-refractivity contribution < 1.29 is 19.1 Å². The lowest BCUT2D eigenvalue weighted by atomic mass is 10.00. The van der Waals surface area contributed by atoms with Crippen molar-refractivity contribution in [1.82, 2.24) is 10.6 Å². The molecule has 6 nitrogen and oxygen atoms in total. The van der Waals surface area contributed by atoms with Gasteiger partial charge in [0.05, 0.1) is 6.61 Å². The topological polar surface area (TPSA) is 76.7 Å². The van der Waals surface area contributed by atoms with Crippen LogP contribution in [0.25, 0.3) is 0 Å². The number of morpholine rings is 1. The van der Waals surface area contributed by atoms with Gasteiger partial charge < -0.3 is 20.1 Å². The van der Waals surface area contributed by atoms with Gasteiger partial charge in [0.15, 0.2) is 0 Å². The molecule has 1 aliphatic heterocycles. The lowest BCUT2D eigenvalue weighted by molar-refractivity contribution is -0.190. The van der Waals surface area contributed by atoms with Crippen LogP contribution in [0, 0.1) is 0 Å². The van der Waals surface area contributed by atoms with E-state index in [1.54, 1.807) is 20.8 Å². The summed E-state index contributed by atoms with van der Waals surface area (Å²) in [6, 6.07) is -0.0719. The van der Waals surface area contributed by atoms with Crippen molar-refractivity contribution in [3.8, 4) is 0 Å². The number of rotatable bonds is 3. The molecule has 0 bridgehead atoms. The summed E-state index contributed by atoms with van der Waals surface area (Å²) in [6.45, 7) is 9.97. The number of hydrogen-bond donors (Lipinski definition) is 2. The van der Waals surface area contributed by atoms with Crippen molar-refractivity contribution in [2.45, 2.75) is 51.9 Å². The van der Waals surface area contributed by atoms with Gasteiger partial charge in [-0.1, -0.05) is 0 Å². The number of nitrogens with one attached hydrogen (secondary N) is 2. The number of carbonyl (C=O) groups excluding carboxylic acids is 2. The minimum atomic E-state index is -1.59. The van der Waals surface area contributed by atoms with E-state index < -0.39 is 23.1 Å². The van der Waals surface area contributed by atoms with E-state index in [4.69, 9.17) is 9.47 Å². The Labute approximate surface area is 114 Å². The van der Waals surface area contributed by atoms with Gasteiger partial charge in [-0.15, -0.1) is 0 Å². The fourth-order valence-electron chi connectivity index (χ4n) is 1.72. The molecule has 0 spiro atoms. The molecular weight excluding hydrogens is 248 g/mol. The fraction of sp³-hybridized carbons (Fsp3) is 0.846. The SMILES string of the molecule is CC(C)NC(=O)C1(C(=O)OC(C)(C)C)CNCCO1. The third-order valence-corrected chi connectivity index (χ3v) is 2.52. The summed E-state index contributed by atoms with van der Waals surface area (Å²) in [5.41, 5.74) is -2.25. The van der Waals surface area contributed by atoms with E-state index in [9.17, 15) is 9.59 Å². The molecule has 0 saturated carbocycles. The second-order valence-electron chi connectivity index (χ2n) is 5.98. The predicted molar refractivity (Wildman–Crippen MR) is 70.7 cm³/mol. The summed E-state index contributed by atoms with van der Waals surface area (Å²) >= 11 is 0. The molecule has 1 amide bonds.